The van der Waals surface area contributed by atoms with Crippen molar-refractivity contribution in [1.82, 2.24) is 20.2 Å². The van der Waals surface area contributed by atoms with E-state index < -0.39 is 11.2 Å². The Hall–Kier alpha value is -1.93. The van der Waals surface area contributed by atoms with Crippen LogP contribution in [0.5, 0.6) is 0 Å². The van der Waals surface area contributed by atoms with Crippen molar-refractivity contribution in [2.24, 2.45) is 0 Å². The van der Waals surface area contributed by atoms with Crippen LogP contribution < -0.4 is 5.32 Å². The van der Waals surface area contributed by atoms with Crippen LogP contribution in [-0.4, -0.2) is 56.9 Å². The molecule has 0 radical (unpaired) electrons. The van der Waals surface area contributed by atoms with Crippen molar-refractivity contribution in [3.63, 3.8) is 0 Å². The van der Waals surface area contributed by atoms with Gasteiger partial charge in [0.25, 0.3) is 0 Å². The minimum absolute atomic E-state index is 0.164. The van der Waals surface area contributed by atoms with Gasteiger partial charge in [-0.1, -0.05) is 13.0 Å². The van der Waals surface area contributed by atoms with Crippen LogP contribution in [-0.2, 0) is 11.2 Å². The predicted octanol–water partition coefficient (Wildman–Crippen LogP) is 5.20. The quantitative estimate of drug-likeness (QED) is 0.490. The number of aromatic nitrogens is 2. The van der Waals surface area contributed by atoms with Gasteiger partial charge in [0.05, 0.1) is 5.52 Å². The lowest BCUT2D eigenvalue weighted by atomic mass is 9.85. The van der Waals surface area contributed by atoms with E-state index in [1.807, 2.05) is 36.4 Å². The van der Waals surface area contributed by atoms with E-state index in [0.717, 1.165) is 42.0 Å². The molecule has 0 spiro atoms. The van der Waals surface area contributed by atoms with E-state index in [9.17, 15) is 4.55 Å². The molecule has 34 heavy (non-hydrogen) atoms. The third-order valence-electron chi connectivity index (χ3n) is 7.77. The van der Waals surface area contributed by atoms with Crippen LogP contribution in [0.15, 0.2) is 41.3 Å². The topological polar surface area (TPSA) is 67.0 Å². The molecule has 3 aromatic rings. The van der Waals surface area contributed by atoms with Crippen molar-refractivity contribution in [1.29, 1.82) is 0 Å². The molecule has 7 heteroatoms. The Labute approximate surface area is 204 Å². The fraction of sp³-hybridized carbons (Fsp3) is 0.519. The van der Waals surface area contributed by atoms with Crippen molar-refractivity contribution < 1.29 is 8.94 Å². The van der Waals surface area contributed by atoms with Gasteiger partial charge in [-0.05, 0) is 105 Å². The van der Waals surface area contributed by atoms with E-state index in [0.29, 0.717) is 35.0 Å². The van der Waals surface area contributed by atoms with E-state index in [1.54, 1.807) is 6.26 Å². The molecule has 0 amide bonds. The number of likely N-dealkylation sites (tertiary alicyclic amines) is 1. The number of benzene rings is 2. The highest BCUT2D eigenvalue weighted by Gasteiger charge is 2.32. The summed E-state index contributed by atoms with van der Waals surface area (Å²) in [5.74, 6) is 0.717. The van der Waals surface area contributed by atoms with E-state index >= 15 is 4.39 Å². The molecule has 2 saturated heterocycles. The summed E-state index contributed by atoms with van der Waals surface area (Å²) in [6.07, 6.45) is 7.25. The van der Waals surface area contributed by atoms with Crippen molar-refractivity contribution in [2.45, 2.75) is 74.9 Å². The van der Waals surface area contributed by atoms with Gasteiger partial charge in [-0.3, -0.25) is 0 Å². The zero-order chi connectivity index (χ0) is 23.8. The largest absolute Gasteiger partial charge is 0.612 e. The average Bonchev–Trinajstić information content (AvgIpc) is 3.29. The summed E-state index contributed by atoms with van der Waals surface area (Å²) in [5.41, 5.74) is 2.80. The van der Waals surface area contributed by atoms with Crippen LogP contribution in [0, 0.1) is 5.82 Å². The normalized spacial score (nSPS) is 25.6. The van der Waals surface area contributed by atoms with Crippen LogP contribution in [0.2, 0.25) is 0 Å². The lowest BCUT2D eigenvalue weighted by Gasteiger charge is -2.43. The average molecular weight is 483 g/mol. The number of nitrogens with zero attached hydrogens (tertiary/aromatic N) is 2. The highest BCUT2D eigenvalue weighted by molar-refractivity contribution is 7.90. The molecule has 4 atom stereocenters. The molecule has 5 rings (SSSR count). The molecule has 3 heterocycles. The van der Waals surface area contributed by atoms with Crippen LogP contribution in [0.25, 0.3) is 22.4 Å². The lowest BCUT2D eigenvalue weighted by Crippen LogP contribution is -2.53. The SMILES string of the molecule is CCC1CC(N2CCC(c3ccc4nc(-c5ccc([S+](C)[O-])cc5)[nH]c4c3F)CC2)CC(C)N1. The molecule has 2 fully saturated rings. The molecule has 0 aliphatic carbocycles. The molecule has 2 aliphatic rings. The van der Waals surface area contributed by atoms with Gasteiger partial charge in [0.2, 0.25) is 0 Å². The van der Waals surface area contributed by atoms with Gasteiger partial charge >= 0.3 is 0 Å². The van der Waals surface area contributed by atoms with Crippen LogP contribution in [0.4, 0.5) is 4.39 Å². The zero-order valence-corrected chi connectivity index (χ0v) is 21.1. The Morgan fingerprint density at radius 1 is 1.12 bits per heavy atom. The van der Waals surface area contributed by atoms with Gasteiger partial charge < -0.3 is 19.8 Å². The smallest absolute Gasteiger partial charge is 0.152 e. The van der Waals surface area contributed by atoms with Gasteiger partial charge in [-0.15, -0.1) is 0 Å². The Morgan fingerprint density at radius 2 is 1.85 bits per heavy atom. The number of halogens is 1. The molecule has 182 valence electrons. The number of rotatable bonds is 5. The number of nitrogens with one attached hydrogen (secondary N) is 2. The Balaban J connectivity index is 1.30. The molecule has 2 aliphatic heterocycles. The monoisotopic (exact) mass is 482 g/mol. The molecule has 5 nitrogen and oxygen atoms in total. The van der Waals surface area contributed by atoms with E-state index in [-0.39, 0.29) is 11.7 Å². The summed E-state index contributed by atoms with van der Waals surface area (Å²) < 4.78 is 27.3. The Bertz CT molecular complexity index is 1120. The maximum atomic E-state index is 15.6. The summed E-state index contributed by atoms with van der Waals surface area (Å²) >= 11 is -1.02. The van der Waals surface area contributed by atoms with Crippen molar-refractivity contribution in [2.75, 3.05) is 19.3 Å². The number of aromatic amines is 1. The second-order valence-electron chi connectivity index (χ2n) is 10.0. The molecule has 2 N–H and O–H groups in total. The summed E-state index contributed by atoms with van der Waals surface area (Å²) in [5, 5.41) is 3.72. The standard InChI is InChI=1S/C27H35FN4OS/c1-4-20-16-21(15-17(2)29-20)32-13-11-18(12-14-32)23-9-10-24-26(25(23)28)31-27(30-24)19-5-7-22(8-6-19)34(3)33/h5-10,17-18,20-21,29H,4,11-16H2,1-3H3,(H,30,31). The number of imidazole rings is 1. The highest BCUT2D eigenvalue weighted by Crippen LogP contribution is 2.35. The molecule has 0 bridgehead atoms. The first-order chi connectivity index (χ1) is 16.4. The van der Waals surface area contributed by atoms with E-state index in [4.69, 9.17) is 0 Å². The minimum atomic E-state index is -1.02. The summed E-state index contributed by atoms with van der Waals surface area (Å²) in [4.78, 5) is 11.2. The third kappa shape index (κ3) is 4.76. The first-order valence-electron chi connectivity index (χ1n) is 12.5. The van der Waals surface area contributed by atoms with Crippen LogP contribution >= 0.6 is 0 Å². The molecular weight excluding hydrogens is 447 g/mol. The fourth-order valence-corrected chi connectivity index (χ4v) is 6.37. The van der Waals surface area contributed by atoms with Crippen LogP contribution in [0.3, 0.4) is 0 Å². The minimum Gasteiger partial charge on any atom is -0.612 e. The number of hydrogen-bond donors (Lipinski definition) is 2. The zero-order valence-electron chi connectivity index (χ0n) is 20.3. The number of hydrogen-bond acceptors (Lipinski definition) is 4. The second kappa shape index (κ2) is 9.97. The van der Waals surface area contributed by atoms with E-state index in [2.05, 4.69) is 34.0 Å². The number of H-pyrrole nitrogens is 1. The summed E-state index contributed by atoms with van der Waals surface area (Å²) in [6.45, 7) is 6.63. The molecule has 1 aromatic heterocycles. The Morgan fingerprint density at radius 3 is 2.53 bits per heavy atom. The maximum absolute atomic E-state index is 15.6. The predicted molar refractivity (Wildman–Crippen MR) is 137 cm³/mol. The second-order valence-corrected chi connectivity index (χ2v) is 11.4. The van der Waals surface area contributed by atoms with Gasteiger partial charge in [0.1, 0.15) is 17.6 Å². The first-order valence-corrected chi connectivity index (χ1v) is 14.1. The van der Waals surface area contributed by atoms with Gasteiger partial charge in [-0.25, -0.2) is 9.37 Å². The number of fused-ring (bicyclic) bond motifs is 1. The maximum Gasteiger partial charge on any atom is 0.152 e. The third-order valence-corrected chi connectivity index (χ3v) is 8.70. The molecular formula is C27H35FN4OS. The molecule has 0 saturated carbocycles. The first kappa shape index (κ1) is 23.8. The summed E-state index contributed by atoms with van der Waals surface area (Å²) in [7, 11) is 0. The van der Waals surface area contributed by atoms with Crippen molar-refractivity contribution >= 4 is 22.2 Å². The van der Waals surface area contributed by atoms with E-state index in [1.165, 1.54) is 19.3 Å². The number of piperidine rings is 2. The van der Waals surface area contributed by atoms with Gasteiger partial charge in [-0.2, -0.15) is 0 Å². The summed E-state index contributed by atoms with van der Waals surface area (Å²) in [6, 6.07) is 13.1. The van der Waals surface area contributed by atoms with Crippen molar-refractivity contribution in [3.05, 3.63) is 47.8 Å². The Kier molecular flexibility index (Phi) is 6.98. The van der Waals surface area contributed by atoms with Crippen LogP contribution in [0.1, 0.15) is 57.4 Å². The lowest BCUT2D eigenvalue weighted by molar-refractivity contribution is 0.0979. The van der Waals surface area contributed by atoms with Crippen molar-refractivity contribution in [3.8, 4) is 11.4 Å². The van der Waals surface area contributed by atoms with Gasteiger partial charge in [0, 0.05) is 23.7 Å². The highest BCUT2D eigenvalue weighted by atomic mass is 32.2. The molecule has 4 unspecified atom stereocenters. The molecule has 2 aromatic carbocycles. The fourth-order valence-electron chi connectivity index (χ4n) is 5.85. The van der Waals surface area contributed by atoms with Gasteiger partial charge in [0.15, 0.2) is 10.7 Å².